The maximum Gasteiger partial charge on any atom is 0.305 e. The fraction of sp³-hybridized carbons (Fsp3) is 0.444. The first-order valence-corrected chi connectivity index (χ1v) is 9.13. The Kier molecular flexibility index (Phi) is 6.61. The summed E-state index contributed by atoms with van der Waals surface area (Å²) in [6.07, 6.45) is 14.2. The molecule has 0 radical (unpaired) electrons. The predicted molar refractivity (Wildman–Crippen MR) is 99.5 cm³/mol. The molecule has 0 unspecified atom stereocenters. The van der Waals surface area contributed by atoms with E-state index in [1.54, 1.807) is 35.5 Å². The van der Waals surface area contributed by atoms with E-state index in [1.165, 1.54) is 6.33 Å². The Balaban J connectivity index is 1.62. The van der Waals surface area contributed by atoms with E-state index in [2.05, 4.69) is 25.0 Å². The number of nitrogens with zero attached hydrogens (tertiary/aromatic N) is 7. The molecule has 3 aromatic rings. The van der Waals surface area contributed by atoms with Gasteiger partial charge >= 0.3 is 5.97 Å². The van der Waals surface area contributed by atoms with E-state index in [4.69, 9.17) is 4.74 Å². The zero-order valence-electron chi connectivity index (χ0n) is 15.4. The number of hydrogen-bond donors (Lipinski definition) is 0. The van der Waals surface area contributed by atoms with Gasteiger partial charge in [0, 0.05) is 37.8 Å². The topological polar surface area (TPSA) is 98.4 Å². The largest absolute Gasteiger partial charge is 0.466 e. The van der Waals surface area contributed by atoms with Crippen molar-refractivity contribution in [1.82, 2.24) is 29.5 Å². The molecule has 0 saturated heterocycles. The smallest absolute Gasteiger partial charge is 0.305 e. The number of anilines is 2. The Hall–Kier alpha value is -3.10. The summed E-state index contributed by atoms with van der Waals surface area (Å²) >= 11 is 0. The predicted octanol–water partition coefficient (Wildman–Crippen LogP) is 2.57. The van der Waals surface area contributed by atoms with Gasteiger partial charge in [-0.2, -0.15) is 5.10 Å². The van der Waals surface area contributed by atoms with Crippen molar-refractivity contribution in [3.8, 4) is 0 Å². The molecule has 27 heavy (non-hydrogen) atoms. The van der Waals surface area contributed by atoms with Crippen molar-refractivity contribution in [2.24, 2.45) is 0 Å². The molecular weight excluding hydrogens is 346 g/mol. The normalized spacial score (nSPS) is 10.9. The van der Waals surface area contributed by atoms with Crippen LogP contribution in [-0.4, -0.2) is 48.7 Å². The van der Waals surface area contributed by atoms with Crippen LogP contribution in [-0.2, 0) is 9.53 Å². The first kappa shape index (κ1) is 18.7. The number of unbranched alkanes of at least 4 members (excludes halogenated alkanes) is 3. The average molecular weight is 369 g/mol. The van der Waals surface area contributed by atoms with Crippen molar-refractivity contribution in [2.45, 2.75) is 39.0 Å². The second-order valence-electron chi connectivity index (χ2n) is 5.96. The van der Waals surface area contributed by atoms with Gasteiger partial charge in [0.15, 0.2) is 17.3 Å². The Labute approximate surface area is 157 Å². The van der Waals surface area contributed by atoms with E-state index in [0.29, 0.717) is 30.3 Å². The lowest BCUT2D eigenvalue weighted by Crippen LogP contribution is -2.22. The van der Waals surface area contributed by atoms with Crippen LogP contribution in [0.25, 0.3) is 5.65 Å². The molecule has 0 aliphatic heterocycles. The van der Waals surface area contributed by atoms with Gasteiger partial charge in [-0.1, -0.05) is 12.8 Å². The molecule has 0 atom stereocenters. The van der Waals surface area contributed by atoms with Gasteiger partial charge in [0.2, 0.25) is 0 Å². The van der Waals surface area contributed by atoms with Crippen molar-refractivity contribution in [1.29, 1.82) is 0 Å². The molecule has 9 heteroatoms. The summed E-state index contributed by atoms with van der Waals surface area (Å²) in [4.78, 5) is 30.8. The zero-order valence-corrected chi connectivity index (χ0v) is 15.4. The van der Waals surface area contributed by atoms with E-state index >= 15 is 0 Å². The molecule has 0 amide bonds. The monoisotopic (exact) mass is 369 g/mol. The lowest BCUT2D eigenvalue weighted by Gasteiger charge is -2.22. The number of ether oxygens (including phenoxy) is 1. The summed E-state index contributed by atoms with van der Waals surface area (Å²) in [5.41, 5.74) is 0.672. The van der Waals surface area contributed by atoms with Crippen LogP contribution in [0.1, 0.15) is 39.0 Å². The van der Waals surface area contributed by atoms with Gasteiger partial charge in [0.25, 0.3) is 0 Å². The Morgan fingerprint density at radius 2 is 2.00 bits per heavy atom. The number of carbonyl (C=O) groups excluding carboxylic acids is 1. The third-order valence-electron chi connectivity index (χ3n) is 4.08. The minimum absolute atomic E-state index is 0.124. The SMILES string of the molecule is CCOC(=O)CCCCCCN(c1cnccn1)c1nccn2ncnc12. The quantitative estimate of drug-likeness (QED) is 0.397. The summed E-state index contributed by atoms with van der Waals surface area (Å²) < 4.78 is 6.64. The van der Waals surface area contributed by atoms with E-state index in [1.807, 2.05) is 11.8 Å². The second kappa shape index (κ2) is 9.56. The summed E-state index contributed by atoms with van der Waals surface area (Å²) in [5.74, 6) is 1.29. The molecule has 0 aliphatic rings. The molecule has 0 bridgehead atoms. The number of rotatable bonds is 10. The number of carbonyl (C=O) groups is 1. The molecule has 3 aromatic heterocycles. The second-order valence-corrected chi connectivity index (χ2v) is 5.96. The summed E-state index contributed by atoms with van der Waals surface area (Å²) in [5, 5.41) is 4.17. The van der Waals surface area contributed by atoms with Crippen LogP contribution in [0.3, 0.4) is 0 Å². The van der Waals surface area contributed by atoms with Crippen LogP contribution in [0.5, 0.6) is 0 Å². The fourth-order valence-electron chi connectivity index (χ4n) is 2.82. The average Bonchev–Trinajstić information content (AvgIpc) is 3.17. The number of fused-ring (bicyclic) bond motifs is 1. The van der Waals surface area contributed by atoms with Gasteiger partial charge < -0.3 is 9.64 Å². The van der Waals surface area contributed by atoms with Gasteiger partial charge in [-0.05, 0) is 19.8 Å². The number of aromatic nitrogens is 6. The number of esters is 1. The molecule has 0 spiro atoms. The van der Waals surface area contributed by atoms with Crippen LogP contribution in [0.4, 0.5) is 11.6 Å². The lowest BCUT2D eigenvalue weighted by molar-refractivity contribution is -0.143. The lowest BCUT2D eigenvalue weighted by atomic mass is 10.1. The maximum absolute atomic E-state index is 11.4. The van der Waals surface area contributed by atoms with Gasteiger partial charge in [0.05, 0.1) is 12.8 Å². The highest BCUT2D eigenvalue weighted by Crippen LogP contribution is 2.24. The molecule has 0 aliphatic carbocycles. The molecule has 0 fully saturated rings. The third kappa shape index (κ3) is 4.96. The fourth-order valence-corrected chi connectivity index (χ4v) is 2.82. The molecular formula is C18H23N7O2. The van der Waals surface area contributed by atoms with Crippen LogP contribution >= 0.6 is 0 Å². The molecule has 0 saturated carbocycles. The molecule has 9 nitrogen and oxygen atoms in total. The minimum Gasteiger partial charge on any atom is -0.466 e. The maximum atomic E-state index is 11.4. The van der Waals surface area contributed by atoms with Crippen molar-refractivity contribution >= 4 is 23.3 Å². The highest BCUT2D eigenvalue weighted by molar-refractivity contribution is 5.70. The van der Waals surface area contributed by atoms with Crippen LogP contribution in [0.15, 0.2) is 37.3 Å². The van der Waals surface area contributed by atoms with Gasteiger partial charge in [-0.25, -0.2) is 19.5 Å². The van der Waals surface area contributed by atoms with Crippen LogP contribution in [0.2, 0.25) is 0 Å². The zero-order chi connectivity index (χ0) is 18.9. The molecule has 0 N–H and O–H groups in total. The van der Waals surface area contributed by atoms with Crippen molar-refractivity contribution in [3.05, 3.63) is 37.3 Å². The highest BCUT2D eigenvalue weighted by Gasteiger charge is 2.16. The minimum atomic E-state index is -0.124. The van der Waals surface area contributed by atoms with Gasteiger partial charge in [-0.3, -0.25) is 9.78 Å². The van der Waals surface area contributed by atoms with Crippen molar-refractivity contribution in [2.75, 3.05) is 18.1 Å². The highest BCUT2D eigenvalue weighted by atomic mass is 16.5. The van der Waals surface area contributed by atoms with Crippen LogP contribution < -0.4 is 4.90 Å². The summed E-state index contributed by atoms with van der Waals surface area (Å²) in [6, 6.07) is 0. The van der Waals surface area contributed by atoms with E-state index in [-0.39, 0.29) is 5.97 Å². The van der Waals surface area contributed by atoms with Gasteiger partial charge in [-0.15, -0.1) is 0 Å². The van der Waals surface area contributed by atoms with Crippen molar-refractivity contribution < 1.29 is 9.53 Å². The van der Waals surface area contributed by atoms with E-state index in [0.717, 1.165) is 32.2 Å². The summed E-state index contributed by atoms with van der Waals surface area (Å²) in [6.45, 7) is 2.98. The van der Waals surface area contributed by atoms with E-state index < -0.39 is 0 Å². The molecule has 3 heterocycles. The Morgan fingerprint density at radius 1 is 1.11 bits per heavy atom. The third-order valence-corrected chi connectivity index (χ3v) is 4.08. The van der Waals surface area contributed by atoms with Crippen LogP contribution in [0, 0.1) is 0 Å². The molecule has 142 valence electrons. The first-order chi connectivity index (χ1) is 13.3. The van der Waals surface area contributed by atoms with Gasteiger partial charge in [0.1, 0.15) is 6.33 Å². The molecule has 0 aromatic carbocycles. The standard InChI is InChI=1S/C18H23N7O2/c1-2-27-16(26)7-5-3-4-6-11-24(15-13-19-8-9-20-15)17-18-22-14-23-25(18)12-10-21-17/h8-10,12-14H,2-7,11H2,1H3. The Morgan fingerprint density at radius 3 is 2.81 bits per heavy atom. The first-order valence-electron chi connectivity index (χ1n) is 9.13. The Bertz CT molecular complexity index is 853. The molecule has 3 rings (SSSR count). The summed E-state index contributed by atoms with van der Waals surface area (Å²) in [7, 11) is 0. The van der Waals surface area contributed by atoms with E-state index in [9.17, 15) is 4.79 Å². The van der Waals surface area contributed by atoms with Crippen molar-refractivity contribution in [3.63, 3.8) is 0 Å². The number of hydrogen-bond acceptors (Lipinski definition) is 8.